The van der Waals surface area contributed by atoms with Crippen molar-refractivity contribution in [1.29, 1.82) is 0 Å². The number of aromatic nitrogens is 2. The van der Waals surface area contributed by atoms with Gasteiger partial charge in [-0.05, 0) is 24.7 Å². The van der Waals surface area contributed by atoms with Crippen LogP contribution in [0.5, 0.6) is 11.8 Å². The molecule has 0 amide bonds. The maximum atomic E-state index is 12.9. The predicted molar refractivity (Wildman–Crippen MR) is 70.9 cm³/mol. The summed E-state index contributed by atoms with van der Waals surface area (Å²) in [7, 11) is 0. The third-order valence-electron chi connectivity index (χ3n) is 2.36. The van der Waals surface area contributed by atoms with Gasteiger partial charge in [-0.1, -0.05) is 18.5 Å². The highest BCUT2D eigenvalue weighted by Gasteiger charge is 2.06. The van der Waals surface area contributed by atoms with Gasteiger partial charge in [-0.15, -0.1) is 0 Å². The van der Waals surface area contributed by atoms with Crippen LogP contribution in [0.15, 0.2) is 30.6 Å². The van der Waals surface area contributed by atoms with Gasteiger partial charge in [0.1, 0.15) is 11.6 Å². The second kappa shape index (κ2) is 6.45. The number of nitrogens with one attached hydrogen (secondary N) is 1. The van der Waals surface area contributed by atoms with Gasteiger partial charge in [0, 0.05) is 24.5 Å². The zero-order valence-electron chi connectivity index (χ0n) is 10.4. The van der Waals surface area contributed by atoms with Crippen molar-refractivity contribution in [1.82, 2.24) is 15.3 Å². The molecule has 19 heavy (non-hydrogen) atoms. The maximum absolute atomic E-state index is 12.9. The first-order chi connectivity index (χ1) is 9.19. The first-order valence-electron chi connectivity index (χ1n) is 5.83. The third-order valence-corrected chi connectivity index (χ3v) is 2.65. The van der Waals surface area contributed by atoms with Crippen LogP contribution < -0.4 is 10.1 Å². The van der Waals surface area contributed by atoms with Crippen molar-refractivity contribution in [2.45, 2.75) is 13.5 Å². The smallest absolute Gasteiger partial charge is 0.321 e. The van der Waals surface area contributed by atoms with Crippen LogP contribution in [-0.4, -0.2) is 16.5 Å². The molecule has 2 rings (SSSR count). The van der Waals surface area contributed by atoms with Crippen LogP contribution in [0.2, 0.25) is 5.02 Å². The molecule has 1 aromatic heterocycles. The van der Waals surface area contributed by atoms with E-state index in [-0.39, 0.29) is 11.0 Å². The summed E-state index contributed by atoms with van der Waals surface area (Å²) in [6, 6.07) is 4.05. The van der Waals surface area contributed by atoms with Gasteiger partial charge >= 0.3 is 6.01 Å². The normalized spacial score (nSPS) is 10.5. The zero-order valence-corrected chi connectivity index (χ0v) is 11.1. The Hall–Kier alpha value is -1.72. The van der Waals surface area contributed by atoms with E-state index in [0.717, 1.165) is 12.1 Å². The Morgan fingerprint density at radius 1 is 1.32 bits per heavy atom. The molecule has 1 heterocycles. The molecule has 0 aliphatic carbocycles. The van der Waals surface area contributed by atoms with Crippen molar-refractivity contribution >= 4 is 11.6 Å². The number of halogens is 2. The first kappa shape index (κ1) is 13.7. The lowest BCUT2D eigenvalue weighted by Crippen LogP contribution is -2.12. The minimum atomic E-state index is -0.417. The Balaban J connectivity index is 2.06. The summed E-state index contributed by atoms with van der Waals surface area (Å²) in [6.45, 7) is 3.60. The van der Waals surface area contributed by atoms with E-state index in [9.17, 15) is 4.39 Å². The molecule has 0 bridgehead atoms. The molecule has 0 aliphatic rings. The second-order valence-corrected chi connectivity index (χ2v) is 4.24. The van der Waals surface area contributed by atoms with Crippen LogP contribution in [0.4, 0.5) is 4.39 Å². The molecule has 4 nitrogen and oxygen atoms in total. The molecule has 100 valence electrons. The number of ether oxygens (including phenoxy) is 1. The van der Waals surface area contributed by atoms with E-state index in [1.165, 1.54) is 18.2 Å². The standard InChI is InChI=1S/C13H13ClFN3O/c1-2-16-6-9-7-17-13(18-8-9)19-12-4-3-10(15)5-11(12)14/h3-5,7-8,16H,2,6H2,1H3. The molecular weight excluding hydrogens is 269 g/mol. The van der Waals surface area contributed by atoms with Gasteiger partial charge in [-0.2, -0.15) is 0 Å². The Kier molecular flexibility index (Phi) is 4.65. The summed E-state index contributed by atoms with van der Waals surface area (Å²) in [4.78, 5) is 8.13. The summed E-state index contributed by atoms with van der Waals surface area (Å²) < 4.78 is 18.3. The number of hydrogen-bond donors (Lipinski definition) is 1. The van der Waals surface area contributed by atoms with Crippen molar-refractivity contribution in [3.05, 3.63) is 47.0 Å². The minimum Gasteiger partial charge on any atom is -0.423 e. The van der Waals surface area contributed by atoms with Crippen LogP contribution >= 0.6 is 11.6 Å². The highest BCUT2D eigenvalue weighted by Crippen LogP contribution is 2.27. The number of benzene rings is 1. The zero-order chi connectivity index (χ0) is 13.7. The van der Waals surface area contributed by atoms with Gasteiger partial charge in [0.25, 0.3) is 0 Å². The highest BCUT2D eigenvalue weighted by molar-refractivity contribution is 6.32. The lowest BCUT2D eigenvalue weighted by Gasteiger charge is -2.06. The summed E-state index contributed by atoms with van der Waals surface area (Å²) in [5.41, 5.74) is 0.958. The summed E-state index contributed by atoms with van der Waals surface area (Å²) >= 11 is 5.85. The molecule has 1 aromatic carbocycles. The van der Waals surface area contributed by atoms with E-state index in [4.69, 9.17) is 16.3 Å². The minimum absolute atomic E-state index is 0.175. The van der Waals surface area contributed by atoms with Crippen LogP contribution in [0.25, 0.3) is 0 Å². The van der Waals surface area contributed by atoms with Crippen LogP contribution in [0.1, 0.15) is 12.5 Å². The van der Waals surface area contributed by atoms with Gasteiger partial charge in [-0.25, -0.2) is 14.4 Å². The maximum Gasteiger partial charge on any atom is 0.321 e. The van der Waals surface area contributed by atoms with Gasteiger partial charge < -0.3 is 10.1 Å². The van der Waals surface area contributed by atoms with E-state index in [0.29, 0.717) is 12.3 Å². The quantitative estimate of drug-likeness (QED) is 0.914. The molecule has 0 aliphatic heterocycles. The highest BCUT2D eigenvalue weighted by atomic mass is 35.5. The molecule has 0 fully saturated rings. The molecule has 0 unspecified atom stereocenters. The van der Waals surface area contributed by atoms with Crippen molar-refractivity contribution < 1.29 is 9.13 Å². The average Bonchev–Trinajstić information content (AvgIpc) is 2.41. The molecule has 0 saturated heterocycles. The topological polar surface area (TPSA) is 47.0 Å². The van der Waals surface area contributed by atoms with Gasteiger partial charge in [0.05, 0.1) is 5.02 Å². The molecule has 0 atom stereocenters. The predicted octanol–water partition coefficient (Wildman–Crippen LogP) is 3.17. The Morgan fingerprint density at radius 2 is 2.05 bits per heavy atom. The molecule has 0 spiro atoms. The van der Waals surface area contributed by atoms with E-state index < -0.39 is 5.82 Å². The third kappa shape index (κ3) is 3.87. The molecular formula is C13H13ClFN3O. The SMILES string of the molecule is CCNCc1cnc(Oc2ccc(F)cc2Cl)nc1. The van der Waals surface area contributed by atoms with Crippen LogP contribution in [0.3, 0.4) is 0 Å². The van der Waals surface area contributed by atoms with Crippen LogP contribution in [0, 0.1) is 5.82 Å². The van der Waals surface area contributed by atoms with Crippen molar-refractivity contribution in [3.63, 3.8) is 0 Å². The molecule has 0 radical (unpaired) electrons. The Morgan fingerprint density at radius 3 is 2.68 bits per heavy atom. The van der Waals surface area contributed by atoms with Crippen LogP contribution in [-0.2, 0) is 6.54 Å². The molecule has 1 N–H and O–H groups in total. The largest absolute Gasteiger partial charge is 0.423 e. The van der Waals surface area contributed by atoms with Crippen molar-refractivity contribution in [2.75, 3.05) is 6.54 Å². The lowest BCUT2D eigenvalue weighted by molar-refractivity contribution is 0.439. The fraction of sp³-hybridized carbons (Fsp3) is 0.231. The number of rotatable bonds is 5. The fourth-order valence-corrected chi connectivity index (χ4v) is 1.62. The number of hydrogen-bond acceptors (Lipinski definition) is 4. The van der Waals surface area contributed by atoms with E-state index >= 15 is 0 Å². The molecule has 0 saturated carbocycles. The summed E-state index contributed by atoms with van der Waals surface area (Å²) in [6.07, 6.45) is 3.34. The second-order valence-electron chi connectivity index (χ2n) is 3.83. The molecule has 6 heteroatoms. The average molecular weight is 282 g/mol. The molecule has 2 aromatic rings. The Bertz CT molecular complexity index is 548. The first-order valence-corrected chi connectivity index (χ1v) is 6.21. The van der Waals surface area contributed by atoms with E-state index in [1.807, 2.05) is 6.92 Å². The van der Waals surface area contributed by atoms with Gasteiger partial charge in [-0.3, -0.25) is 0 Å². The Labute approximate surface area is 115 Å². The number of nitrogens with zero attached hydrogens (tertiary/aromatic N) is 2. The van der Waals surface area contributed by atoms with E-state index in [2.05, 4.69) is 15.3 Å². The van der Waals surface area contributed by atoms with Crippen molar-refractivity contribution in [3.8, 4) is 11.8 Å². The monoisotopic (exact) mass is 281 g/mol. The fourth-order valence-electron chi connectivity index (χ4n) is 1.41. The van der Waals surface area contributed by atoms with E-state index in [1.54, 1.807) is 12.4 Å². The summed E-state index contributed by atoms with van der Waals surface area (Å²) in [5, 5.41) is 3.35. The van der Waals surface area contributed by atoms with Gasteiger partial charge in [0.15, 0.2) is 0 Å². The summed E-state index contributed by atoms with van der Waals surface area (Å²) in [5.74, 6) is -0.0956. The lowest BCUT2D eigenvalue weighted by atomic mass is 10.3. The van der Waals surface area contributed by atoms with Crippen molar-refractivity contribution in [2.24, 2.45) is 0 Å². The van der Waals surface area contributed by atoms with Gasteiger partial charge in [0.2, 0.25) is 0 Å².